The molecule has 2 rings (SSSR count). The van der Waals surface area contributed by atoms with Crippen molar-refractivity contribution in [2.24, 2.45) is 11.3 Å². The van der Waals surface area contributed by atoms with Gasteiger partial charge in [-0.3, -0.25) is 4.79 Å². The van der Waals surface area contributed by atoms with Gasteiger partial charge in [0.15, 0.2) is 0 Å². The van der Waals surface area contributed by atoms with E-state index in [9.17, 15) is 4.79 Å². The predicted molar refractivity (Wildman–Crippen MR) is 88.8 cm³/mol. The van der Waals surface area contributed by atoms with E-state index in [-0.39, 0.29) is 17.4 Å². The van der Waals surface area contributed by atoms with Gasteiger partial charge in [0.25, 0.3) is 0 Å². The lowest BCUT2D eigenvalue weighted by atomic mass is 9.72. The molecule has 21 heavy (non-hydrogen) atoms. The Morgan fingerprint density at radius 1 is 1.14 bits per heavy atom. The summed E-state index contributed by atoms with van der Waals surface area (Å²) in [6, 6.07) is 10.6. The molecular formula is C19H27NO. The number of nitrogens with zero attached hydrogens (tertiary/aromatic N) is 1. The van der Waals surface area contributed by atoms with Crippen molar-refractivity contribution in [1.82, 2.24) is 4.90 Å². The second-order valence-electron chi connectivity index (χ2n) is 7.30. The first kappa shape index (κ1) is 15.8. The Bertz CT molecular complexity index is 522. The van der Waals surface area contributed by atoms with Gasteiger partial charge in [0.05, 0.1) is 0 Å². The molecule has 0 saturated carbocycles. The average molecular weight is 285 g/mol. The zero-order valence-corrected chi connectivity index (χ0v) is 13.9. The lowest BCUT2D eigenvalue weighted by molar-refractivity contribution is -0.127. The van der Waals surface area contributed by atoms with Gasteiger partial charge in [0, 0.05) is 18.7 Å². The van der Waals surface area contributed by atoms with E-state index in [2.05, 4.69) is 46.8 Å². The van der Waals surface area contributed by atoms with E-state index in [0.717, 1.165) is 13.0 Å². The van der Waals surface area contributed by atoms with E-state index < -0.39 is 0 Å². The SMILES string of the molecule is CC(C)N1CCC(C(C)(C)C)C(c2ccccc2)=CC1=O. The van der Waals surface area contributed by atoms with Crippen LogP contribution in [0.4, 0.5) is 0 Å². The topological polar surface area (TPSA) is 20.3 Å². The molecule has 2 heteroatoms. The van der Waals surface area contributed by atoms with Gasteiger partial charge in [-0.1, -0.05) is 51.1 Å². The van der Waals surface area contributed by atoms with Crippen molar-refractivity contribution < 1.29 is 4.79 Å². The van der Waals surface area contributed by atoms with Crippen LogP contribution in [0.25, 0.3) is 5.57 Å². The summed E-state index contributed by atoms with van der Waals surface area (Å²) in [5.41, 5.74) is 2.52. The Morgan fingerprint density at radius 2 is 1.76 bits per heavy atom. The molecule has 0 saturated heterocycles. The first-order chi connectivity index (χ1) is 9.80. The summed E-state index contributed by atoms with van der Waals surface area (Å²) in [6.07, 6.45) is 2.90. The van der Waals surface area contributed by atoms with Crippen LogP contribution >= 0.6 is 0 Å². The molecule has 0 aliphatic carbocycles. The van der Waals surface area contributed by atoms with Crippen molar-refractivity contribution in [2.75, 3.05) is 6.54 Å². The third kappa shape index (κ3) is 3.55. The van der Waals surface area contributed by atoms with Gasteiger partial charge >= 0.3 is 0 Å². The maximum Gasteiger partial charge on any atom is 0.247 e. The molecule has 1 unspecified atom stereocenters. The van der Waals surface area contributed by atoms with Crippen LogP contribution in [0.5, 0.6) is 0 Å². The second kappa shape index (κ2) is 6.05. The number of rotatable bonds is 2. The van der Waals surface area contributed by atoms with Crippen LogP contribution < -0.4 is 0 Å². The number of carbonyl (C=O) groups is 1. The van der Waals surface area contributed by atoms with E-state index in [1.54, 1.807) is 0 Å². The number of hydrogen-bond donors (Lipinski definition) is 0. The van der Waals surface area contributed by atoms with Gasteiger partial charge in [-0.05, 0) is 42.7 Å². The molecule has 1 aliphatic heterocycles. The molecular weight excluding hydrogens is 258 g/mol. The molecule has 0 bridgehead atoms. The third-order valence-corrected chi connectivity index (χ3v) is 4.37. The summed E-state index contributed by atoms with van der Waals surface area (Å²) >= 11 is 0. The molecule has 114 valence electrons. The maximum atomic E-state index is 12.6. The van der Waals surface area contributed by atoms with Crippen molar-refractivity contribution in [2.45, 2.75) is 47.1 Å². The summed E-state index contributed by atoms with van der Waals surface area (Å²) in [5.74, 6) is 0.545. The quantitative estimate of drug-likeness (QED) is 0.790. The molecule has 1 aliphatic rings. The zero-order chi connectivity index (χ0) is 15.6. The molecule has 0 aromatic heterocycles. The molecule has 1 atom stereocenters. The first-order valence-corrected chi connectivity index (χ1v) is 7.88. The number of allylic oxidation sites excluding steroid dienone is 1. The Hall–Kier alpha value is -1.57. The van der Waals surface area contributed by atoms with Crippen LogP contribution in [0.1, 0.15) is 46.6 Å². The highest BCUT2D eigenvalue weighted by Crippen LogP contribution is 2.41. The average Bonchev–Trinajstić information content (AvgIpc) is 2.58. The van der Waals surface area contributed by atoms with Gasteiger partial charge in [-0.15, -0.1) is 0 Å². The van der Waals surface area contributed by atoms with E-state index in [1.165, 1.54) is 11.1 Å². The molecule has 0 N–H and O–H groups in total. The summed E-state index contributed by atoms with van der Waals surface area (Å²) < 4.78 is 0. The Morgan fingerprint density at radius 3 is 2.29 bits per heavy atom. The Balaban J connectivity index is 2.47. The highest BCUT2D eigenvalue weighted by molar-refractivity contribution is 5.96. The van der Waals surface area contributed by atoms with Gasteiger partial charge in [0.2, 0.25) is 5.91 Å². The molecule has 1 heterocycles. The molecule has 1 aromatic carbocycles. The Kier molecular flexibility index (Phi) is 4.55. The third-order valence-electron chi connectivity index (χ3n) is 4.37. The monoisotopic (exact) mass is 285 g/mol. The van der Waals surface area contributed by atoms with Gasteiger partial charge in [-0.2, -0.15) is 0 Å². The molecule has 1 amide bonds. The van der Waals surface area contributed by atoms with Crippen LogP contribution in [0.15, 0.2) is 36.4 Å². The molecule has 2 nitrogen and oxygen atoms in total. The van der Waals surface area contributed by atoms with Gasteiger partial charge in [-0.25, -0.2) is 0 Å². The summed E-state index contributed by atoms with van der Waals surface area (Å²) in [6.45, 7) is 11.8. The minimum absolute atomic E-state index is 0.148. The maximum absolute atomic E-state index is 12.6. The molecule has 0 spiro atoms. The smallest absolute Gasteiger partial charge is 0.247 e. The van der Waals surface area contributed by atoms with Crippen LogP contribution in [0, 0.1) is 11.3 Å². The van der Waals surface area contributed by atoms with Crippen molar-refractivity contribution >= 4 is 11.5 Å². The molecule has 0 radical (unpaired) electrons. The molecule has 0 fully saturated rings. The highest BCUT2D eigenvalue weighted by Gasteiger charge is 2.33. The van der Waals surface area contributed by atoms with E-state index in [0.29, 0.717) is 5.92 Å². The number of amides is 1. The summed E-state index contributed by atoms with van der Waals surface area (Å²) in [4.78, 5) is 14.5. The number of benzene rings is 1. The minimum atomic E-state index is 0.148. The van der Waals surface area contributed by atoms with Crippen LogP contribution in [0.2, 0.25) is 0 Å². The molecule has 1 aromatic rings. The summed E-state index contributed by atoms with van der Waals surface area (Å²) in [5, 5.41) is 0. The van der Waals surface area contributed by atoms with Crippen molar-refractivity contribution in [1.29, 1.82) is 0 Å². The fourth-order valence-electron chi connectivity index (χ4n) is 3.18. The summed E-state index contributed by atoms with van der Waals surface area (Å²) in [7, 11) is 0. The number of hydrogen-bond acceptors (Lipinski definition) is 1. The zero-order valence-electron chi connectivity index (χ0n) is 13.9. The fourth-order valence-corrected chi connectivity index (χ4v) is 3.18. The van der Waals surface area contributed by atoms with E-state index >= 15 is 0 Å². The van der Waals surface area contributed by atoms with E-state index in [4.69, 9.17) is 0 Å². The first-order valence-electron chi connectivity index (χ1n) is 7.88. The minimum Gasteiger partial charge on any atom is -0.337 e. The van der Waals surface area contributed by atoms with E-state index in [1.807, 2.05) is 29.2 Å². The van der Waals surface area contributed by atoms with Crippen LogP contribution in [0.3, 0.4) is 0 Å². The van der Waals surface area contributed by atoms with Gasteiger partial charge < -0.3 is 4.90 Å². The lowest BCUT2D eigenvalue weighted by Gasteiger charge is -2.33. The Labute approximate surface area is 128 Å². The van der Waals surface area contributed by atoms with Crippen molar-refractivity contribution in [3.8, 4) is 0 Å². The number of carbonyl (C=O) groups excluding carboxylic acids is 1. The van der Waals surface area contributed by atoms with Crippen molar-refractivity contribution in [3.63, 3.8) is 0 Å². The largest absolute Gasteiger partial charge is 0.337 e. The predicted octanol–water partition coefficient (Wildman–Crippen LogP) is 4.37. The second-order valence-corrected chi connectivity index (χ2v) is 7.30. The van der Waals surface area contributed by atoms with Crippen LogP contribution in [-0.2, 0) is 4.79 Å². The van der Waals surface area contributed by atoms with Crippen LogP contribution in [-0.4, -0.2) is 23.4 Å². The standard InChI is InChI=1S/C19H27NO/c1-14(2)20-12-11-17(19(3,4)5)16(13-18(20)21)15-9-7-6-8-10-15/h6-10,13-14,17H,11-12H2,1-5H3. The van der Waals surface area contributed by atoms with Crippen molar-refractivity contribution in [3.05, 3.63) is 42.0 Å². The van der Waals surface area contributed by atoms with Gasteiger partial charge in [0.1, 0.15) is 0 Å². The highest BCUT2D eigenvalue weighted by atomic mass is 16.2. The lowest BCUT2D eigenvalue weighted by Crippen LogP contribution is -2.36. The normalized spacial score (nSPS) is 20.5. The fraction of sp³-hybridized carbons (Fsp3) is 0.526.